The summed E-state index contributed by atoms with van der Waals surface area (Å²) in [6.07, 6.45) is -2.88. The van der Waals surface area contributed by atoms with Crippen molar-refractivity contribution >= 4 is 5.97 Å². The Kier molecular flexibility index (Phi) is 0.990. The third-order valence-electron chi connectivity index (χ3n) is 0.571. The number of rotatable bonds is 4. The fourth-order valence-electron chi connectivity index (χ4n) is 0.290. The van der Waals surface area contributed by atoms with Crippen molar-refractivity contribution in [1.82, 2.24) is 0 Å². The highest BCUT2D eigenvalue weighted by atomic mass is 16.4. The number of carbonyl (C=O) groups is 1. The van der Waals surface area contributed by atoms with Crippen molar-refractivity contribution in [2.24, 2.45) is 11.6 Å². The van der Waals surface area contributed by atoms with Crippen LogP contribution in [0.2, 0.25) is 2.82 Å². The van der Waals surface area contributed by atoms with E-state index in [0.29, 0.717) is 0 Å². The summed E-state index contributed by atoms with van der Waals surface area (Å²) in [6, 6.07) is -3.14. The second kappa shape index (κ2) is 3.45. The van der Waals surface area contributed by atoms with Gasteiger partial charge in [-0.25, -0.2) is 0 Å². The van der Waals surface area contributed by atoms with Crippen molar-refractivity contribution in [2.75, 3.05) is 0 Å². The van der Waals surface area contributed by atoms with E-state index >= 15 is 0 Å². The number of aliphatic carboxylic acids is 1. The monoisotopic (exact) mass is 137 g/mol. The molecule has 0 aromatic carbocycles. The van der Waals surface area contributed by atoms with Gasteiger partial charge in [-0.2, -0.15) is 0 Å². The fourth-order valence-corrected chi connectivity index (χ4v) is 0.290. The molecule has 0 radical (unpaired) electrons. The quantitative estimate of drug-likeness (QED) is 0.591. The Morgan fingerprint density at radius 2 is 2.67 bits per heavy atom. The summed E-state index contributed by atoms with van der Waals surface area (Å²) in [5, 5.41) is 8.71. The number of hydrogen-bond acceptors (Lipinski definition) is 2. The summed E-state index contributed by atoms with van der Waals surface area (Å²) < 4.78 is 43.2. The second-order valence-electron chi connectivity index (χ2n) is 1.78. The molecule has 0 bridgehead atoms. The Bertz CT molecular complexity index is 263. The van der Waals surface area contributed by atoms with Crippen LogP contribution in [0.5, 0.6) is 0 Å². The molecule has 0 aliphatic heterocycles. The maximum absolute atomic E-state index is 10.8. The minimum absolute atomic E-state index is 0.536. The molecule has 0 amide bonds. The molecule has 3 nitrogen and oxygen atoms in total. The molecule has 1 atom stereocenters. The highest BCUT2D eigenvalue weighted by Gasteiger charge is 2.11. The summed E-state index contributed by atoms with van der Waals surface area (Å²) in [4.78, 5) is 10.8. The summed E-state index contributed by atoms with van der Waals surface area (Å²) in [5.74, 6) is -3.90. The van der Waals surface area contributed by atoms with Crippen LogP contribution in [0.25, 0.3) is 0 Å². The highest BCUT2D eigenvalue weighted by Crippen LogP contribution is 2.01. The van der Waals surface area contributed by atoms with Crippen LogP contribution in [0.4, 0.5) is 0 Å². The van der Waals surface area contributed by atoms with Crippen LogP contribution in [0.1, 0.15) is 25.7 Å². The van der Waals surface area contributed by atoms with Gasteiger partial charge in [0.15, 0.2) is 0 Å². The number of carboxylic acid groups (broad SMARTS) is 1. The van der Waals surface area contributed by atoms with Crippen LogP contribution < -0.4 is 5.72 Å². The lowest BCUT2D eigenvalue weighted by molar-refractivity contribution is -0.138. The normalized spacial score (nSPS) is 30.1. The van der Waals surface area contributed by atoms with Gasteiger partial charge in [0.1, 0.15) is 8.84 Å². The number of carboxylic acids is 1. The lowest BCUT2D eigenvalue weighted by atomic mass is 10.1. The van der Waals surface area contributed by atoms with Crippen molar-refractivity contribution in [2.45, 2.75) is 26.2 Å². The zero-order chi connectivity index (χ0) is 12.7. The Balaban J connectivity index is 5.57. The maximum atomic E-state index is 10.8. The largest absolute Gasteiger partial charge is 0.480 e. The molecular formula is C6H13NO2. The zero-order valence-electron chi connectivity index (χ0n) is 11.3. The van der Waals surface area contributed by atoms with Gasteiger partial charge in [0.05, 0.1) is 1.37 Å². The Morgan fingerprint density at radius 1 is 2.11 bits per heavy atom. The van der Waals surface area contributed by atoms with Crippen LogP contribution in [-0.4, -0.2) is 17.1 Å². The molecule has 9 heavy (non-hydrogen) atoms. The van der Waals surface area contributed by atoms with Gasteiger partial charge >= 0.3 is 5.97 Å². The van der Waals surface area contributed by atoms with E-state index < -0.39 is 30.0 Å². The van der Waals surface area contributed by atoms with Crippen LogP contribution in [0.3, 0.4) is 0 Å². The first-order chi connectivity index (χ1) is 6.39. The SMILES string of the molecule is [2H]N([2H])[C@]([2H])(C(=O)O)C([2H])([2H])C([2H])(C)C. The highest BCUT2D eigenvalue weighted by molar-refractivity contribution is 5.72. The van der Waals surface area contributed by atoms with Gasteiger partial charge in [0.25, 0.3) is 0 Å². The molecule has 0 saturated carbocycles. The van der Waals surface area contributed by atoms with Crippen LogP contribution in [-0.2, 0) is 4.79 Å². The molecule has 0 aliphatic rings. The molecule has 54 valence electrons. The average Bonchev–Trinajstić information content (AvgIpc) is 1.99. The van der Waals surface area contributed by atoms with E-state index in [4.69, 9.17) is 13.4 Å². The molecule has 0 aromatic heterocycles. The van der Waals surface area contributed by atoms with Crippen molar-refractivity contribution in [3.63, 3.8) is 0 Å². The van der Waals surface area contributed by atoms with E-state index in [9.17, 15) is 4.79 Å². The molecule has 0 rings (SSSR count). The van der Waals surface area contributed by atoms with E-state index in [1.807, 2.05) is 0 Å². The summed E-state index contributed by atoms with van der Waals surface area (Å²) >= 11 is 0. The van der Waals surface area contributed by atoms with Crippen LogP contribution in [0, 0.1) is 5.89 Å². The second-order valence-corrected chi connectivity index (χ2v) is 1.78. The van der Waals surface area contributed by atoms with Crippen molar-refractivity contribution in [1.29, 1.82) is 0 Å². The van der Waals surface area contributed by atoms with Crippen LogP contribution >= 0.6 is 0 Å². The van der Waals surface area contributed by atoms with Gasteiger partial charge < -0.3 is 10.8 Å². The average molecular weight is 137 g/mol. The van der Waals surface area contributed by atoms with Crippen molar-refractivity contribution < 1.29 is 18.2 Å². The number of nitrogens with two attached hydrogens (primary N) is 1. The molecule has 0 aliphatic carbocycles. The van der Waals surface area contributed by atoms with E-state index in [1.165, 1.54) is 0 Å². The zero-order valence-corrected chi connectivity index (χ0v) is 5.30. The van der Waals surface area contributed by atoms with Gasteiger partial charge in [0.2, 0.25) is 0 Å². The third kappa shape index (κ3) is 3.97. The minimum Gasteiger partial charge on any atom is -0.480 e. The first-order valence-electron chi connectivity index (χ1n) is 5.30. The smallest absolute Gasteiger partial charge is 0.320 e. The molecule has 0 unspecified atom stereocenters. The molecule has 0 heterocycles. The first kappa shape index (κ1) is 2.58. The van der Waals surface area contributed by atoms with Gasteiger partial charge in [-0.1, -0.05) is 13.8 Å². The predicted molar refractivity (Wildman–Crippen MR) is 35.1 cm³/mol. The molecule has 0 spiro atoms. The first-order valence-corrected chi connectivity index (χ1v) is 2.40. The molecular weight excluding hydrogens is 118 g/mol. The lowest BCUT2D eigenvalue weighted by Crippen LogP contribution is -2.31. The molecule has 0 fully saturated rings. The Hall–Kier alpha value is -0.570. The van der Waals surface area contributed by atoms with Crippen LogP contribution in [0.15, 0.2) is 0 Å². The number of hydrogen-bond donors (Lipinski definition) is 2. The molecule has 3 heteroatoms. The van der Waals surface area contributed by atoms with Crippen molar-refractivity contribution in [3.8, 4) is 0 Å². The summed E-state index contributed by atoms with van der Waals surface area (Å²) in [6.45, 7) is 2.17. The summed E-state index contributed by atoms with van der Waals surface area (Å²) in [7, 11) is 0. The fraction of sp³-hybridized carbons (Fsp3) is 0.833. The molecule has 0 aromatic rings. The Labute approximate surface area is 63.4 Å². The maximum Gasteiger partial charge on any atom is 0.320 e. The standard InChI is InChI=1S/C6H13NO2/c1-4(2)3-5(7)6(8)9/h4-5H,3,7H2,1-2H3,(H,8,9)/t5-/m0/s1/i3D2,4D,5D/hD2. The predicted octanol–water partition coefficient (Wildman–Crippen LogP) is 0.444. The van der Waals surface area contributed by atoms with Gasteiger partial charge in [-0.3, -0.25) is 4.79 Å². The van der Waals surface area contributed by atoms with E-state index in [2.05, 4.69) is 0 Å². The van der Waals surface area contributed by atoms with E-state index in [0.717, 1.165) is 13.8 Å². The van der Waals surface area contributed by atoms with Crippen molar-refractivity contribution in [3.05, 3.63) is 0 Å². The Morgan fingerprint density at radius 3 is 2.78 bits per heavy atom. The summed E-state index contributed by atoms with van der Waals surface area (Å²) in [5.41, 5.74) is -0.536. The third-order valence-corrected chi connectivity index (χ3v) is 0.571. The van der Waals surface area contributed by atoms with E-state index in [1.54, 1.807) is 0 Å². The molecule has 0 saturated heterocycles. The van der Waals surface area contributed by atoms with E-state index in [-0.39, 0.29) is 0 Å². The van der Waals surface area contributed by atoms with Gasteiger partial charge in [0, 0.05) is 4.11 Å². The topological polar surface area (TPSA) is 63.3 Å². The van der Waals surface area contributed by atoms with Gasteiger partial charge in [-0.05, 0) is 12.3 Å². The molecule has 3 N–H and O–H groups in total. The minimum atomic E-state index is -3.14. The van der Waals surface area contributed by atoms with Gasteiger partial charge in [-0.15, -0.1) is 0 Å². The lowest BCUT2D eigenvalue weighted by Gasteiger charge is -2.07.